The molecule has 0 radical (unpaired) electrons. The number of piperazine rings is 2. The van der Waals surface area contributed by atoms with E-state index in [0.717, 1.165) is 81.9 Å². The van der Waals surface area contributed by atoms with Crippen molar-refractivity contribution >= 4 is 113 Å². The van der Waals surface area contributed by atoms with Gasteiger partial charge in [0.05, 0.1) is 35.6 Å². The highest BCUT2D eigenvalue weighted by Crippen LogP contribution is 2.41. The van der Waals surface area contributed by atoms with Gasteiger partial charge < -0.3 is 78.8 Å². The van der Waals surface area contributed by atoms with Crippen molar-refractivity contribution in [3.8, 4) is 34.8 Å². The summed E-state index contributed by atoms with van der Waals surface area (Å²) in [5.41, 5.74) is 10.7. The first-order valence-corrected chi connectivity index (χ1v) is 37.8. The number of ether oxygens (including phenoxy) is 6. The molecule has 2 aliphatic rings. The number of anilines is 8. The van der Waals surface area contributed by atoms with Crippen molar-refractivity contribution in [2.75, 3.05) is 125 Å². The molecule has 480 valence electrons. The Morgan fingerprint density at radius 2 is 1.06 bits per heavy atom. The largest absolute Gasteiger partial charge is 0.494 e. The van der Waals surface area contributed by atoms with Crippen molar-refractivity contribution in [1.82, 2.24) is 38.9 Å². The number of aromatic nitrogens is 6. The minimum Gasteiger partial charge on any atom is -0.494 e. The van der Waals surface area contributed by atoms with Gasteiger partial charge in [-0.1, -0.05) is 69.1 Å². The first-order valence-electron chi connectivity index (χ1n) is 29.6. The van der Waals surface area contributed by atoms with Gasteiger partial charge in [-0.05, 0) is 68.7 Å². The molecule has 0 spiro atoms. The third-order valence-electron chi connectivity index (χ3n) is 15.0. The molecular weight excluding hydrogens is 1230 g/mol. The number of rotatable bonds is 24. The Balaban J connectivity index is 0.000000214. The fraction of sp³-hybridized carbons (Fsp3) is 0.381. The molecule has 2 saturated heterocycles. The van der Waals surface area contributed by atoms with Gasteiger partial charge in [0.1, 0.15) is 58.9 Å². The zero-order valence-corrected chi connectivity index (χ0v) is 56.2. The SMILES string of the molecule is C=CC(=O)Nc1cc(F)cc(Oc2nc(Nc3ccc(N4CCN(C)CC4)cc3OC)nc3c2c(Cl)cn3COCC[Si](C)(C)C)c1.COc1cc(N2CCN(C)CC2)ccc1Nc1nc(Oc2cc(N)cc(F)c2)c2c(Cl)cn(COCC[Si](C)(C)C)c2n1. The standard InChI is InChI=1S/C33H41ClFN7O4Si.C30H39ClFN7O3Si/c1-7-29(43)36-23-16-22(35)17-25(18-23)46-32-30-26(34)20-42(21-45-14-15-47(4,5)6)31(30)38-33(39-32)37-27-9-8-24(19-28(27)44-3)41-12-10-40(2)11-13-41;1-37-8-10-38(11-9-37)22-6-7-25(26(17-22)40-2)34-30-35-28-27(24(31)18-39(28)19-41-12-13-43(3,4)5)29(36-30)42-23-15-20(32)14-21(33)16-23/h7-9,16-20H,1,10-15,21H2,2-6H3,(H,36,43)(H,37,38,39);6-7,14-18H,8-13,19,33H2,1-5H3,(H,34,35,36). The predicted molar refractivity (Wildman–Crippen MR) is 361 cm³/mol. The number of likely N-dealkylation sites (N-methyl/N-ethyl adjacent to an activating group) is 2. The van der Waals surface area contributed by atoms with Crippen LogP contribution in [0.3, 0.4) is 0 Å². The van der Waals surface area contributed by atoms with E-state index in [2.05, 4.69) is 105 Å². The van der Waals surface area contributed by atoms with Gasteiger partial charge in [-0.15, -0.1) is 0 Å². The highest BCUT2D eigenvalue weighted by molar-refractivity contribution is 6.76. The average molecular weight is 1310 g/mol. The van der Waals surface area contributed by atoms with E-state index in [1.54, 1.807) is 31.2 Å². The van der Waals surface area contributed by atoms with Gasteiger partial charge in [0.2, 0.25) is 29.6 Å². The number of carbonyl (C=O) groups is 1. The van der Waals surface area contributed by atoms with Gasteiger partial charge in [0.25, 0.3) is 0 Å². The molecular formula is C63H80Cl2F2N14O7Si2. The second kappa shape index (κ2) is 29.5. The van der Waals surface area contributed by atoms with Crippen molar-refractivity contribution in [2.24, 2.45) is 0 Å². The van der Waals surface area contributed by atoms with Crippen molar-refractivity contribution in [3.63, 3.8) is 0 Å². The van der Waals surface area contributed by atoms with Crippen LogP contribution in [-0.2, 0) is 27.7 Å². The summed E-state index contributed by atoms with van der Waals surface area (Å²) in [6.45, 7) is 26.6. The van der Waals surface area contributed by atoms with Crippen LogP contribution in [0.15, 0.2) is 97.8 Å². The molecule has 2 fully saturated rings. The second-order valence-corrected chi connectivity index (χ2v) is 36.6. The number of amides is 1. The predicted octanol–water partition coefficient (Wildman–Crippen LogP) is 13.4. The molecule has 0 bridgehead atoms. The number of methoxy groups -OCH3 is 2. The summed E-state index contributed by atoms with van der Waals surface area (Å²) in [6, 6.07) is 21.8. The molecule has 2 aliphatic heterocycles. The summed E-state index contributed by atoms with van der Waals surface area (Å²) in [7, 11) is 4.94. The van der Waals surface area contributed by atoms with E-state index in [4.69, 9.17) is 67.3 Å². The second-order valence-electron chi connectivity index (χ2n) is 24.6. The Hall–Kier alpha value is -7.76. The fourth-order valence-corrected chi connectivity index (χ4v) is 11.9. The van der Waals surface area contributed by atoms with Crippen molar-refractivity contribution in [1.29, 1.82) is 0 Å². The van der Waals surface area contributed by atoms with Crippen molar-refractivity contribution < 1.29 is 42.0 Å². The molecule has 21 nitrogen and oxygen atoms in total. The van der Waals surface area contributed by atoms with Crippen LogP contribution in [-0.4, -0.2) is 155 Å². The molecule has 6 heterocycles. The number of nitrogens with one attached hydrogen (secondary N) is 3. The average Bonchev–Trinajstić information content (AvgIpc) is 2.06. The molecule has 0 saturated carbocycles. The van der Waals surface area contributed by atoms with Crippen molar-refractivity contribution in [3.05, 3.63) is 120 Å². The van der Waals surface area contributed by atoms with Crippen LogP contribution >= 0.6 is 23.2 Å². The van der Waals surface area contributed by atoms with Gasteiger partial charge in [-0.3, -0.25) is 4.79 Å². The van der Waals surface area contributed by atoms with Crippen LogP contribution in [0.2, 0.25) is 61.4 Å². The number of halogens is 4. The lowest BCUT2D eigenvalue weighted by atomic mass is 10.2. The molecule has 27 heteroatoms. The van der Waals surface area contributed by atoms with Crippen LogP contribution < -0.4 is 50.4 Å². The van der Waals surface area contributed by atoms with Gasteiger partial charge >= 0.3 is 0 Å². The summed E-state index contributed by atoms with van der Waals surface area (Å²) in [5.74, 6) is 0.597. The number of fused-ring (bicyclic) bond motifs is 2. The number of carbonyl (C=O) groups excluding carboxylic acids is 1. The van der Waals surface area contributed by atoms with E-state index in [1.807, 2.05) is 41.0 Å². The van der Waals surface area contributed by atoms with E-state index >= 15 is 0 Å². The number of nitrogens with zero attached hydrogens (tertiary/aromatic N) is 10. The zero-order valence-electron chi connectivity index (χ0n) is 52.7. The lowest BCUT2D eigenvalue weighted by Crippen LogP contribution is -2.44. The molecule has 4 aromatic carbocycles. The third-order valence-corrected chi connectivity index (χ3v) is 19.0. The number of hydrogen-bond donors (Lipinski definition) is 4. The molecule has 8 aromatic rings. The highest BCUT2D eigenvalue weighted by Gasteiger charge is 2.25. The molecule has 0 aliphatic carbocycles. The Bertz CT molecular complexity index is 3810. The Kier molecular flexibility index (Phi) is 21.8. The topological polar surface area (TPSA) is 209 Å². The lowest BCUT2D eigenvalue weighted by molar-refractivity contribution is -0.111. The minimum absolute atomic E-state index is 0.0861. The summed E-state index contributed by atoms with van der Waals surface area (Å²) in [4.78, 5) is 40.0. The molecule has 4 aromatic heterocycles. The molecule has 0 unspecified atom stereocenters. The molecule has 0 atom stereocenters. The Morgan fingerprint density at radius 3 is 1.47 bits per heavy atom. The summed E-state index contributed by atoms with van der Waals surface area (Å²) >= 11 is 13.4. The molecule has 5 N–H and O–H groups in total. The van der Waals surface area contributed by atoms with Crippen LogP contribution in [0.1, 0.15) is 0 Å². The van der Waals surface area contributed by atoms with E-state index in [9.17, 15) is 13.6 Å². The van der Waals surface area contributed by atoms with Crippen LogP contribution in [0.4, 0.5) is 54.8 Å². The number of benzene rings is 4. The number of nitrogens with two attached hydrogens (primary N) is 1. The minimum atomic E-state index is -1.29. The fourth-order valence-electron chi connectivity index (χ4n) is 9.84. The maximum absolute atomic E-state index is 14.6. The van der Waals surface area contributed by atoms with Gasteiger partial charge in [0.15, 0.2) is 11.3 Å². The zero-order chi connectivity index (χ0) is 64.4. The van der Waals surface area contributed by atoms with E-state index in [0.29, 0.717) is 68.2 Å². The Morgan fingerprint density at radius 1 is 0.622 bits per heavy atom. The van der Waals surface area contributed by atoms with Crippen LogP contribution in [0.5, 0.6) is 34.8 Å². The Labute approximate surface area is 536 Å². The normalized spacial score (nSPS) is 14.1. The number of hydrogen-bond acceptors (Lipinski definition) is 18. The maximum Gasteiger partial charge on any atom is 0.247 e. The quantitative estimate of drug-likeness (QED) is 0.0192. The van der Waals surface area contributed by atoms with Crippen LogP contribution in [0.25, 0.3) is 22.1 Å². The summed E-state index contributed by atoms with van der Waals surface area (Å²) < 4.78 is 68.1. The molecule has 1 amide bonds. The first-order chi connectivity index (χ1) is 42.9. The third kappa shape index (κ3) is 17.8. The van der Waals surface area contributed by atoms with Gasteiger partial charge in [-0.25, -0.2) is 8.78 Å². The van der Waals surface area contributed by atoms with E-state index < -0.39 is 33.7 Å². The maximum atomic E-state index is 14.6. The first kappa shape index (κ1) is 66.7. The van der Waals surface area contributed by atoms with Gasteiger partial charge in [0, 0.05) is 153 Å². The summed E-state index contributed by atoms with van der Waals surface area (Å²) in [5, 5.41) is 10.7. The molecule has 10 rings (SSSR count). The number of nitrogen functional groups attached to an aromatic ring is 1. The van der Waals surface area contributed by atoms with Gasteiger partial charge in [-0.2, -0.15) is 19.9 Å². The monoisotopic (exact) mass is 1310 g/mol. The van der Waals surface area contributed by atoms with Crippen LogP contribution in [0, 0.1) is 11.6 Å². The van der Waals surface area contributed by atoms with E-state index in [1.165, 1.54) is 36.4 Å². The smallest absolute Gasteiger partial charge is 0.247 e. The highest BCUT2D eigenvalue weighted by atomic mass is 35.5. The molecule has 90 heavy (non-hydrogen) atoms. The van der Waals surface area contributed by atoms with E-state index in [-0.39, 0.29) is 60.0 Å². The summed E-state index contributed by atoms with van der Waals surface area (Å²) in [6.07, 6.45) is 4.54. The lowest BCUT2D eigenvalue weighted by Gasteiger charge is -2.34. The van der Waals surface area contributed by atoms with Crippen molar-refractivity contribution in [2.45, 2.75) is 64.8 Å².